The van der Waals surface area contributed by atoms with E-state index in [1.54, 1.807) is 6.07 Å². The number of hydrogen-bond acceptors (Lipinski definition) is 3. The number of benzene rings is 1. The maximum absolute atomic E-state index is 13.6. The molecule has 3 nitrogen and oxygen atoms in total. The van der Waals surface area contributed by atoms with E-state index in [9.17, 15) is 23.2 Å². The zero-order valence-corrected chi connectivity index (χ0v) is 12.6. The second kappa shape index (κ2) is 5.02. The summed E-state index contributed by atoms with van der Waals surface area (Å²) in [6.07, 6.45) is -5.33. The Labute approximate surface area is 127 Å². The van der Waals surface area contributed by atoms with Gasteiger partial charge in [0, 0.05) is 4.47 Å². The standard InChI is InChI=1S/C14H11BrF3NO2/c1-2-21-11(20)12(8-19)7-13(12,14(16,17)18)9-3-5-10(15)6-4-9/h3-6H,2,7H2,1H3/t12-,13-/m1/s1. The summed E-state index contributed by atoms with van der Waals surface area (Å²) < 4.78 is 46.1. The summed E-state index contributed by atoms with van der Waals surface area (Å²) in [5, 5.41) is 9.21. The van der Waals surface area contributed by atoms with Gasteiger partial charge in [0.1, 0.15) is 5.41 Å². The summed E-state index contributed by atoms with van der Waals surface area (Å²) in [6, 6.07) is 6.99. The second-order valence-corrected chi connectivity index (χ2v) is 5.74. The third kappa shape index (κ3) is 2.13. The first-order valence-electron chi connectivity index (χ1n) is 6.16. The number of carbonyl (C=O) groups excluding carboxylic acids is 1. The summed E-state index contributed by atoms with van der Waals surface area (Å²) in [5.74, 6) is -1.12. The minimum atomic E-state index is -4.72. The number of rotatable bonds is 3. The molecule has 0 unspecified atom stereocenters. The molecule has 1 saturated carbocycles. The van der Waals surface area contributed by atoms with Crippen LogP contribution in [-0.2, 0) is 14.9 Å². The number of nitriles is 1. The first-order valence-corrected chi connectivity index (χ1v) is 6.96. The first kappa shape index (κ1) is 15.8. The lowest BCUT2D eigenvalue weighted by Gasteiger charge is -2.23. The molecule has 0 aliphatic heterocycles. The van der Waals surface area contributed by atoms with E-state index >= 15 is 0 Å². The Hall–Kier alpha value is -1.55. The van der Waals surface area contributed by atoms with E-state index in [2.05, 4.69) is 20.7 Å². The number of carbonyl (C=O) groups is 1. The molecule has 112 valence electrons. The van der Waals surface area contributed by atoms with Gasteiger partial charge in [0.2, 0.25) is 0 Å². The van der Waals surface area contributed by atoms with Crippen molar-refractivity contribution in [1.82, 2.24) is 0 Å². The molecule has 1 aromatic carbocycles. The van der Waals surface area contributed by atoms with Gasteiger partial charge >= 0.3 is 12.1 Å². The van der Waals surface area contributed by atoms with Crippen LogP contribution in [0.4, 0.5) is 13.2 Å². The molecule has 1 aromatic rings. The van der Waals surface area contributed by atoms with E-state index in [4.69, 9.17) is 0 Å². The molecule has 0 aromatic heterocycles. The van der Waals surface area contributed by atoms with Gasteiger partial charge in [0.15, 0.2) is 5.41 Å². The molecule has 0 N–H and O–H groups in total. The molecule has 7 heteroatoms. The molecule has 2 atom stereocenters. The lowest BCUT2D eigenvalue weighted by molar-refractivity contribution is -0.177. The van der Waals surface area contributed by atoms with Crippen molar-refractivity contribution in [2.75, 3.05) is 6.61 Å². The van der Waals surface area contributed by atoms with Gasteiger partial charge in [-0.2, -0.15) is 18.4 Å². The van der Waals surface area contributed by atoms with Gasteiger partial charge in [0.05, 0.1) is 12.7 Å². The monoisotopic (exact) mass is 361 g/mol. The van der Waals surface area contributed by atoms with Gasteiger partial charge < -0.3 is 4.74 Å². The zero-order chi connectivity index (χ0) is 15.9. The highest BCUT2D eigenvalue weighted by Gasteiger charge is 2.85. The molecule has 21 heavy (non-hydrogen) atoms. The Morgan fingerprint density at radius 3 is 2.43 bits per heavy atom. The van der Waals surface area contributed by atoms with Gasteiger partial charge in [0.25, 0.3) is 0 Å². The number of halogens is 4. The number of hydrogen-bond donors (Lipinski definition) is 0. The van der Waals surface area contributed by atoms with Crippen molar-refractivity contribution < 1.29 is 22.7 Å². The van der Waals surface area contributed by atoms with Gasteiger partial charge in [-0.1, -0.05) is 28.1 Å². The maximum atomic E-state index is 13.6. The van der Waals surface area contributed by atoms with Crippen molar-refractivity contribution in [3.8, 4) is 6.07 Å². The highest BCUT2D eigenvalue weighted by atomic mass is 79.9. The van der Waals surface area contributed by atoms with Crippen LogP contribution >= 0.6 is 15.9 Å². The average molecular weight is 362 g/mol. The lowest BCUT2D eigenvalue weighted by Crippen LogP contribution is -2.38. The molecule has 1 fully saturated rings. The summed E-state index contributed by atoms with van der Waals surface area (Å²) in [4.78, 5) is 11.9. The Morgan fingerprint density at radius 2 is 2.00 bits per heavy atom. The summed E-state index contributed by atoms with van der Waals surface area (Å²) in [5.41, 5.74) is -4.80. The highest BCUT2D eigenvalue weighted by Crippen LogP contribution is 2.71. The van der Waals surface area contributed by atoms with Crippen molar-refractivity contribution in [2.24, 2.45) is 5.41 Å². The zero-order valence-electron chi connectivity index (χ0n) is 11.0. The highest BCUT2D eigenvalue weighted by molar-refractivity contribution is 9.10. The van der Waals surface area contributed by atoms with E-state index in [0.717, 1.165) is 0 Å². The van der Waals surface area contributed by atoms with Crippen LogP contribution in [0, 0.1) is 16.7 Å². The van der Waals surface area contributed by atoms with Crippen molar-refractivity contribution in [3.63, 3.8) is 0 Å². The average Bonchev–Trinajstić information content (AvgIpc) is 3.12. The minimum absolute atomic E-state index is 0.0729. The van der Waals surface area contributed by atoms with Crippen LogP contribution in [0.25, 0.3) is 0 Å². The Morgan fingerprint density at radius 1 is 1.43 bits per heavy atom. The maximum Gasteiger partial charge on any atom is 0.400 e. The molecule has 1 aliphatic carbocycles. The van der Waals surface area contributed by atoms with Crippen LogP contribution < -0.4 is 0 Å². The van der Waals surface area contributed by atoms with Crippen LogP contribution in [0.5, 0.6) is 0 Å². The summed E-state index contributed by atoms with van der Waals surface area (Å²) >= 11 is 3.14. The quantitative estimate of drug-likeness (QED) is 0.770. The summed E-state index contributed by atoms with van der Waals surface area (Å²) in [6.45, 7) is 1.41. The molecule has 0 bridgehead atoms. The van der Waals surface area contributed by atoms with E-state index in [1.165, 1.54) is 31.2 Å². The van der Waals surface area contributed by atoms with Crippen molar-refractivity contribution in [1.29, 1.82) is 5.26 Å². The van der Waals surface area contributed by atoms with E-state index < -0.39 is 29.4 Å². The Bertz CT molecular complexity index is 608. The molecule has 2 rings (SSSR count). The van der Waals surface area contributed by atoms with Crippen LogP contribution in [0.1, 0.15) is 18.9 Å². The number of nitrogens with zero attached hydrogens (tertiary/aromatic N) is 1. The SMILES string of the molecule is CCOC(=O)[C@]1(C#N)C[C@]1(c1ccc(Br)cc1)C(F)(F)F. The van der Waals surface area contributed by atoms with Gasteiger partial charge in [-0.3, -0.25) is 4.79 Å². The van der Waals surface area contributed by atoms with E-state index in [-0.39, 0.29) is 12.2 Å². The van der Waals surface area contributed by atoms with Crippen LogP contribution in [0.2, 0.25) is 0 Å². The predicted octanol–water partition coefficient (Wildman–Crippen LogP) is 3.73. The van der Waals surface area contributed by atoms with Crippen molar-refractivity contribution >= 4 is 21.9 Å². The van der Waals surface area contributed by atoms with Gasteiger partial charge in [-0.15, -0.1) is 0 Å². The molecular formula is C14H11BrF3NO2. The first-order chi connectivity index (χ1) is 9.75. The number of alkyl halides is 3. The fourth-order valence-corrected chi connectivity index (χ4v) is 2.89. The molecule has 0 saturated heterocycles. The molecule has 0 spiro atoms. The van der Waals surface area contributed by atoms with Gasteiger partial charge in [-0.05, 0) is 31.0 Å². The molecule has 0 heterocycles. The van der Waals surface area contributed by atoms with Crippen LogP contribution in [0.3, 0.4) is 0 Å². The fourth-order valence-electron chi connectivity index (χ4n) is 2.62. The van der Waals surface area contributed by atoms with Crippen molar-refractivity contribution in [3.05, 3.63) is 34.3 Å². The molecular weight excluding hydrogens is 351 g/mol. The number of ether oxygens (including phenoxy) is 1. The Kier molecular flexibility index (Phi) is 3.79. The minimum Gasteiger partial charge on any atom is -0.465 e. The predicted molar refractivity (Wildman–Crippen MR) is 71.2 cm³/mol. The van der Waals surface area contributed by atoms with Crippen molar-refractivity contribution in [2.45, 2.75) is 24.9 Å². The lowest BCUT2D eigenvalue weighted by atomic mass is 9.86. The number of esters is 1. The largest absolute Gasteiger partial charge is 0.465 e. The fraction of sp³-hybridized carbons (Fsp3) is 0.429. The van der Waals surface area contributed by atoms with Crippen LogP contribution in [-0.4, -0.2) is 18.8 Å². The molecule has 1 aliphatic rings. The smallest absolute Gasteiger partial charge is 0.400 e. The second-order valence-electron chi connectivity index (χ2n) is 4.82. The Balaban J connectivity index is 2.56. The topological polar surface area (TPSA) is 50.1 Å². The third-order valence-electron chi connectivity index (χ3n) is 3.77. The molecule has 0 amide bonds. The van der Waals surface area contributed by atoms with Crippen LogP contribution in [0.15, 0.2) is 28.7 Å². The van der Waals surface area contributed by atoms with E-state index in [1.807, 2.05) is 0 Å². The third-order valence-corrected chi connectivity index (χ3v) is 4.30. The van der Waals surface area contributed by atoms with Gasteiger partial charge in [-0.25, -0.2) is 0 Å². The van der Waals surface area contributed by atoms with E-state index in [0.29, 0.717) is 4.47 Å². The normalized spacial score (nSPS) is 27.8. The molecule has 0 radical (unpaired) electrons. The summed E-state index contributed by atoms with van der Waals surface area (Å²) in [7, 11) is 0.